The number of nitrogens with one attached hydrogen (secondary N) is 1. The highest BCUT2D eigenvalue weighted by Crippen LogP contribution is 2.33. The molecule has 1 aliphatic carbocycles. The molecule has 2 heterocycles. The van der Waals surface area contributed by atoms with Crippen LogP contribution in [0.2, 0.25) is 0 Å². The monoisotopic (exact) mass is 381 g/mol. The minimum atomic E-state index is 0.157. The van der Waals surface area contributed by atoms with Crippen LogP contribution in [0.25, 0.3) is 16.2 Å². The van der Waals surface area contributed by atoms with Crippen molar-refractivity contribution in [2.24, 2.45) is 11.8 Å². The van der Waals surface area contributed by atoms with E-state index < -0.39 is 0 Å². The number of aromatic nitrogens is 2. The second kappa shape index (κ2) is 8.26. The fourth-order valence-electron chi connectivity index (χ4n) is 4.07. The summed E-state index contributed by atoms with van der Waals surface area (Å²) in [5.41, 5.74) is 2.84. The van der Waals surface area contributed by atoms with E-state index in [2.05, 4.69) is 17.2 Å². The Morgan fingerprint density at radius 3 is 2.93 bits per heavy atom. The molecule has 0 radical (unpaired) electrons. The summed E-state index contributed by atoms with van der Waals surface area (Å²) in [6, 6.07) is 8.02. The highest BCUT2D eigenvalue weighted by Gasteiger charge is 2.26. The lowest BCUT2D eigenvalue weighted by Crippen LogP contribution is -2.27. The van der Waals surface area contributed by atoms with Crippen LogP contribution in [0.3, 0.4) is 0 Å². The smallest absolute Gasteiger partial charge is 0.227 e. The van der Waals surface area contributed by atoms with Crippen LogP contribution in [-0.4, -0.2) is 15.3 Å². The third kappa shape index (κ3) is 4.24. The van der Waals surface area contributed by atoms with Crippen LogP contribution in [0.4, 0.5) is 5.69 Å². The third-order valence-corrected chi connectivity index (χ3v) is 6.47. The minimum absolute atomic E-state index is 0.157. The number of fused-ring (bicyclic) bond motifs is 1. The maximum Gasteiger partial charge on any atom is 0.227 e. The van der Waals surface area contributed by atoms with Gasteiger partial charge in [0.05, 0.1) is 5.69 Å². The molecule has 1 fully saturated rings. The van der Waals surface area contributed by atoms with Crippen LogP contribution in [0.1, 0.15) is 51.9 Å². The Balaban J connectivity index is 1.38. The van der Waals surface area contributed by atoms with Crippen LogP contribution in [0.15, 0.2) is 42.0 Å². The van der Waals surface area contributed by atoms with Crippen molar-refractivity contribution < 1.29 is 4.79 Å². The lowest BCUT2D eigenvalue weighted by atomic mass is 9.79. The van der Waals surface area contributed by atoms with E-state index in [0.29, 0.717) is 0 Å². The predicted octanol–water partition coefficient (Wildman–Crippen LogP) is 6.00. The zero-order chi connectivity index (χ0) is 18.6. The summed E-state index contributed by atoms with van der Waals surface area (Å²) >= 11 is 1.62. The highest BCUT2D eigenvalue weighted by atomic mass is 32.1. The van der Waals surface area contributed by atoms with Crippen molar-refractivity contribution in [2.45, 2.75) is 51.9 Å². The van der Waals surface area contributed by atoms with Crippen molar-refractivity contribution >= 4 is 27.9 Å². The molecule has 142 valence electrons. The molecular formula is C22H27N3OS. The van der Waals surface area contributed by atoms with Gasteiger partial charge in [-0.05, 0) is 43.7 Å². The average molecular weight is 382 g/mol. The van der Waals surface area contributed by atoms with Gasteiger partial charge in [0.15, 0.2) is 4.96 Å². The van der Waals surface area contributed by atoms with Gasteiger partial charge in [0.25, 0.3) is 0 Å². The van der Waals surface area contributed by atoms with E-state index in [9.17, 15) is 4.79 Å². The third-order valence-electron chi connectivity index (χ3n) is 5.70. The molecule has 27 heavy (non-hydrogen) atoms. The number of benzene rings is 1. The Hall–Kier alpha value is -2.14. The van der Waals surface area contributed by atoms with Crippen LogP contribution < -0.4 is 5.32 Å². The lowest BCUT2D eigenvalue weighted by Gasteiger charge is -2.27. The number of unbranched alkanes of at least 4 members (excludes halogenated alkanes) is 1. The number of anilines is 1. The van der Waals surface area contributed by atoms with E-state index in [4.69, 9.17) is 0 Å². The number of hydrogen-bond donors (Lipinski definition) is 1. The molecule has 0 aliphatic heterocycles. The van der Waals surface area contributed by atoms with Gasteiger partial charge in [-0.3, -0.25) is 9.20 Å². The molecule has 1 amide bonds. The standard InChI is InChI=1S/C22H27N3OS/c1-2-3-5-16-8-10-17(11-9-16)21(26)23-19-7-4-6-18(14-19)20-15-25-12-13-27-22(25)24-20/h4,6-7,12-17H,2-3,5,8-11H2,1H3,(H,23,26). The van der Waals surface area contributed by atoms with Gasteiger partial charge in [-0.2, -0.15) is 0 Å². The van der Waals surface area contributed by atoms with Crippen molar-refractivity contribution in [1.29, 1.82) is 0 Å². The van der Waals surface area contributed by atoms with E-state index >= 15 is 0 Å². The molecule has 0 spiro atoms. The summed E-state index contributed by atoms with van der Waals surface area (Å²) in [5, 5.41) is 5.16. The normalized spacial score (nSPS) is 20.0. The molecule has 1 N–H and O–H groups in total. The van der Waals surface area contributed by atoms with Crippen LogP contribution in [0, 0.1) is 11.8 Å². The van der Waals surface area contributed by atoms with Gasteiger partial charge in [0, 0.05) is 34.9 Å². The van der Waals surface area contributed by atoms with E-state index in [1.807, 2.05) is 46.4 Å². The number of hydrogen-bond acceptors (Lipinski definition) is 3. The number of imidazole rings is 1. The van der Waals surface area contributed by atoms with Crippen molar-refractivity contribution in [3.8, 4) is 11.3 Å². The maximum absolute atomic E-state index is 12.7. The Kier molecular flexibility index (Phi) is 5.58. The molecule has 1 aliphatic rings. The van der Waals surface area contributed by atoms with Crippen molar-refractivity contribution in [3.05, 3.63) is 42.0 Å². The van der Waals surface area contributed by atoms with Crippen molar-refractivity contribution in [1.82, 2.24) is 9.38 Å². The summed E-state index contributed by atoms with van der Waals surface area (Å²) in [7, 11) is 0. The number of carbonyl (C=O) groups is 1. The average Bonchev–Trinajstić information content (AvgIpc) is 3.29. The molecule has 5 heteroatoms. The molecule has 0 saturated heterocycles. The maximum atomic E-state index is 12.7. The van der Waals surface area contributed by atoms with E-state index in [1.54, 1.807) is 11.3 Å². The molecular weight excluding hydrogens is 354 g/mol. The van der Waals surface area contributed by atoms with E-state index in [-0.39, 0.29) is 11.8 Å². The first-order valence-corrected chi connectivity index (χ1v) is 10.9. The van der Waals surface area contributed by atoms with Gasteiger partial charge in [-0.1, -0.05) is 38.3 Å². The van der Waals surface area contributed by atoms with Crippen molar-refractivity contribution in [2.75, 3.05) is 5.32 Å². The molecule has 4 nitrogen and oxygen atoms in total. The van der Waals surface area contributed by atoms with Gasteiger partial charge < -0.3 is 5.32 Å². The number of amides is 1. The zero-order valence-electron chi connectivity index (χ0n) is 15.9. The first-order chi connectivity index (χ1) is 13.2. The Morgan fingerprint density at radius 2 is 2.15 bits per heavy atom. The van der Waals surface area contributed by atoms with Gasteiger partial charge in [0.2, 0.25) is 5.91 Å². The first-order valence-electron chi connectivity index (χ1n) is 10.1. The Labute approximate surface area is 164 Å². The summed E-state index contributed by atoms with van der Waals surface area (Å²) in [4.78, 5) is 18.3. The van der Waals surface area contributed by atoms with E-state index in [0.717, 1.165) is 40.7 Å². The Bertz CT molecular complexity index is 877. The Morgan fingerprint density at radius 1 is 1.30 bits per heavy atom. The summed E-state index contributed by atoms with van der Waals surface area (Å²) < 4.78 is 2.03. The number of thiazole rings is 1. The first kappa shape index (κ1) is 18.2. The lowest BCUT2D eigenvalue weighted by molar-refractivity contribution is -0.121. The molecule has 1 saturated carbocycles. The predicted molar refractivity (Wildman–Crippen MR) is 112 cm³/mol. The van der Waals surface area contributed by atoms with Crippen molar-refractivity contribution in [3.63, 3.8) is 0 Å². The van der Waals surface area contributed by atoms with Gasteiger partial charge >= 0.3 is 0 Å². The quantitative estimate of drug-likeness (QED) is 0.569. The number of rotatable bonds is 6. The second-order valence-corrected chi connectivity index (χ2v) is 8.52. The molecule has 4 rings (SSSR count). The summed E-state index contributed by atoms with van der Waals surface area (Å²) in [6.07, 6.45) is 12.4. The van der Waals surface area contributed by atoms with E-state index in [1.165, 1.54) is 32.1 Å². The highest BCUT2D eigenvalue weighted by molar-refractivity contribution is 7.15. The molecule has 0 bridgehead atoms. The molecule has 1 aromatic carbocycles. The SMILES string of the molecule is CCCCC1CCC(C(=O)Nc2cccc(-c3cn4ccsc4n3)c2)CC1. The fourth-order valence-corrected chi connectivity index (χ4v) is 4.77. The van der Waals surface area contributed by atoms with Crippen LogP contribution >= 0.6 is 11.3 Å². The van der Waals surface area contributed by atoms with Gasteiger partial charge in [0.1, 0.15) is 0 Å². The molecule has 2 aromatic heterocycles. The van der Waals surface area contributed by atoms with Crippen LogP contribution in [-0.2, 0) is 4.79 Å². The topological polar surface area (TPSA) is 46.4 Å². The fraction of sp³-hybridized carbons (Fsp3) is 0.455. The largest absolute Gasteiger partial charge is 0.326 e. The minimum Gasteiger partial charge on any atom is -0.326 e. The summed E-state index contributed by atoms with van der Waals surface area (Å²) in [5.74, 6) is 1.16. The van der Waals surface area contributed by atoms with Gasteiger partial charge in [-0.15, -0.1) is 11.3 Å². The second-order valence-electron chi connectivity index (χ2n) is 7.65. The molecule has 3 aromatic rings. The molecule has 0 atom stereocenters. The molecule has 0 unspecified atom stereocenters. The number of nitrogens with zero attached hydrogens (tertiary/aromatic N) is 2. The van der Waals surface area contributed by atoms with Gasteiger partial charge in [-0.25, -0.2) is 4.98 Å². The van der Waals surface area contributed by atoms with Crippen LogP contribution in [0.5, 0.6) is 0 Å². The summed E-state index contributed by atoms with van der Waals surface area (Å²) in [6.45, 7) is 2.25. The number of carbonyl (C=O) groups excluding carboxylic acids is 1. The zero-order valence-corrected chi connectivity index (χ0v) is 16.7.